The Morgan fingerprint density at radius 1 is 1.37 bits per heavy atom. The molecule has 9 heteroatoms. The summed E-state index contributed by atoms with van der Waals surface area (Å²) in [6.07, 6.45) is 6.68. The Balaban J connectivity index is 1.58. The molecule has 0 amide bonds. The van der Waals surface area contributed by atoms with E-state index in [1.54, 1.807) is 19.2 Å². The van der Waals surface area contributed by atoms with E-state index >= 15 is 0 Å². The summed E-state index contributed by atoms with van der Waals surface area (Å²) >= 11 is 0. The van der Waals surface area contributed by atoms with E-state index in [-0.39, 0.29) is 35.7 Å². The topological polar surface area (TPSA) is 118 Å². The third kappa shape index (κ3) is 5.30. The van der Waals surface area contributed by atoms with E-state index in [0.717, 1.165) is 25.7 Å². The summed E-state index contributed by atoms with van der Waals surface area (Å²) in [7, 11) is -1.01. The number of hydrogen-bond acceptors (Lipinski definition) is 8. The zero-order valence-corrected chi connectivity index (χ0v) is 23.5. The van der Waals surface area contributed by atoms with Crippen molar-refractivity contribution in [1.82, 2.24) is 4.98 Å². The van der Waals surface area contributed by atoms with Gasteiger partial charge in [-0.1, -0.05) is 33.8 Å². The Morgan fingerprint density at radius 3 is 2.79 bits per heavy atom. The Bertz CT molecular complexity index is 1080. The van der Waals surface area contributed by atoms with Crippen molar-refractivity contribution < 1.29 is 29.1 Å². The van der Waals surface area contributed by atoms with Gasteiger partial charge in [-0.25, -0.2) is 0 Å². The lowest BCUT2D eigenvalue weighted by Gasteiger charge is -2.60. The number of nitrogens with zero attached hydrogens (tertiary/aromatic N) is 1. The highest BCUT2D eigenvalue weighted by Crippen LogP contribution is 2.62. The van der Waals surface area contributed by atoms with Gasteiger partial charge in [0.1, 0.15) is 18.4 Å². The van der Waals surface area contributed by atoms with E-state index in [4.69, 9.17) is 9.39 Å². The molecule has 1 aliphatic heterocycles. The van der Waals surface area contributed by atoms with Gasteiger partial charge in [0.2, 0.25) is 0 Å². The first-order valence-corrected chi connectivity index (χ1v) is 13.9. The number of carbonyl (C=O) groups is 2. The van der Waals surface area contributed by atoms with Crippen LogP contribution in [0.5, 0.6) is 0 Å². The second-order valence-corrected chi connectivity index (χ2v) is 12.6. The highest BCUT2D eigenvalue weighted by Gasteiger charge is 2.58. The summed E-state index contributed by atoms with van der Waals surface area (Å²) in [6, 6.07) is 1.74. The summed E-state index contributed by atoms with van der Waals surface area (Å²) in [5, 5.41) is 24.7. The minimum Gasteiger partial charge on any atom is -0.460 e. The van der Waals surface area contributed by atoms with Crippen LogP contribution >= 0.6 is 0 Å². The molecular weight excluding hydrogens is 483 g/mol. The Morgan fingerprint density at radius 2 is 2.11 bits per heavy atom. The van der Waals surface area contributed by atoms with Gasteiger partial charge in [0, 0.05) is 22.7 Å². The second kappa shape index (κ2) is 10.7. The average Bonchev–Trinajstić information content (AvgIpc) is 3.26. The van der Waals surface area contributed by atoms with Gasteiger partial charge >= 0.3 is 13.1 Å². The molecule has 8 nitrogen and oxygen atoms in total. The van der Waals surface area contributed by atoms with Gasteiger partial charge in [0.15, 0.2) is 0 Å². The summed E-state index contributed by atoms with van der Waals surface area (Å²) in [5.74, 6) is 0.0403. The monoisotopic (exact) mass is 526 g/mol. The predicted octanol–water partition coefficient (Wildman–Crippen LogP) is 3.40. The van der Waals surface area contributed by atoms with Crippen LogP contribution in [0.25, 0.3) is 0 Å². The number of hydrogen-bond donors (Lipinski definition) is 3. The molecular formula is C29H43BN2O6. The van der Waals surface area contributed by atoms with Crippen LogP contribution in [0, 0.1) is 28.1 Å². The molecule has 4 rings (SSSR count). The molecule has 2 fully saturated rings. The van der Waals surface area contributed by atoms with Crippen LogP contribution in [0.2, 0.25) is 0 Å². The van der Waals surface area contributed by atoms with Gasteiger partial charge in [-0.05, 0) is 62.3 Å². The smallest absolute Gasteiger partial charge is 0.460 e. The number of carbonyl (C=O) groups excluding carboxylic acids is 2. The highest BCUT2D eigenvalue weighted by atomic mass is 16.5. The van der Waals surface area contributed by atoms with Gasteiger partial charge in [-0.2, -0.15) is 0 Å². The SMILES string of the molecule is C=C[C@]1(C)C[C@@H](OC(=O)CNc2cnc3c(c2)B(O)OC3)[C@@]2(C)C[C@](CCC(C)=O)(CC[C@H]2C)[C@@H](C)[C@@H]1O. The molecule has 2 bridgehead atoms. The summed E-state index contributed by atoms with van der Waals surface area (Å²) in [6.45, 7) is 14.5. The van der Waals surface area contributed by atoms with Crippen molar-refractivity contribution in [2.45, 2.75) is 92.0 Å². The van der Waals surface area contributed by atoms with Gasteiger partial charge in [0.25, 0.3) is 0 Å². The fourth-order valence-electron chi connectivity index (χ4n) is 7.14. The van der Waals surface area contributed by atoms with E-state index in [9.17, 15) is 19.7 Å². The Hall–Kier alpha value is -2.23. The largest absolute Gasteiger partial charge is 0.493 e. The number of fused-ring (bicyclic) bond motifs is 3. The van der Waals surface area contributed by atoms with Crippen molar-refractivity contribution in [2.75, 3.05) is 11.9 Å². The number of esters is 1. The van der Waals surface area contributed by atoms with Crippen LogP contribution in [-0.2, 0) is 25.6 Å². The third-order valence-corrected chi connectivity index (χ3v) is 10.2. The van der Waals surface area contributed by atoms with Crippen molar-refractivity contribution in [3.05, 3.63) is 30.6 Å². The average molecular weight is 526 g/mol. The van der Waals surface area contributed by atoms with Gasteiger partial charge < -0.3 is 29.6 Å². The molecule has 2 saturated carbocycles. The first kappa shape index (κ1) is 28.8. The molecule has 3 aliphatic rings. The summed E-state index contributed by atoms with van der Waals surface area (Å²) < 4.78 is 11.4. The number of ketones is 1. The van der Waals surface area contributed by atoms with Crippen molar-refractivity contribution >= 4 is 30.0 Å². The molecule has 1 aromatic rings. The van der Waals surface area contributed by atoms with E-state index in [1.165, 1.54) is 0 Å². The molecule has 0 spiro atoms. The Labute approximate surface area is 226 Å². The number of aliphatic hydroxyl groups excluding tert-OH is 1. The third-order valence-electron chi connectivity index (χ3n) is 10.2. The minimum absolute atomic E-state index is 0.0263. The first-order chi connectivity index (χ1) is 17.8. The number of Topliss-reactive ketones (excluding diaryl/α,β-unsaturated/α-hetero) is 1. The number of anilines is 1. The van der Waals surface area contributed by atoms with Crippen LogP contribution in [0.15, 0.2) is 24.9 Å². The van der Waals surface area contributed by atoms with Crippen molar-refractivity contribution in [2.24, 2.45) is 28.1 Å². The maximum Gasteiger partial charge on any atom is 0.493 e. The number of rotatable bonds is 8. The number of ether oxygens (including phenoxy) is 1. The molecule has 2 heterocycles. The van der Waals surface area contributed by atoms with Crippen molar-refractivity contribution in [3.8, 4) is 0 Å². The number of pyridine rings is 1. The van der Waals surface area contributed by atoms with Crippen LogP contribution < -0.4 is 10.8 Å². The lowest BCUT2D eigenvalue weighted by Crippen LogP contribution is -2.58. The van der Waals surface area contributed by atoms with E-state index in [1.807, 2.05) is 13.0 Å². The molecule has 208 valence electrons. The Kier molecular flexibility index (Phi) is 8.13. The van der Waals surface area contributed by atoms with Crippen LogP contribution in [0.1, 0.15) is 78.8 Å². The molecule has 2 aliphatic carbocycles. The van der Waals surface area contributed by atoms with Crippen molar-refractivity contribution in [1.29, 1.82) is 0 Å². The maximum atomic E-state index is 13.2. The maximum absolute atomic E-state index is 13.2. The molecule has 38 heavy (non-hydrogen) atoms. The quantitative estimate of drug-likeness (QED) is 0.268. The molecule has 0 saturated heterocycles. The van der Waals surface area contributed by atoms with E-state index < -0.39 is 30.7 Å². The molecule has 1 aromatic heterocycles. The van der Waals surface area contributed by atoms with Gasteiger partial charge in [0.05, 0.1) is 30.3 Å². The highest BCUT2D eigenvalue weighted by molar-refractivity contribution is 6.61. The minimum atomic E-state index is -1.01. The summed E-state index contributed by atoms with van der Waals surface area (Å²) in [5.41, 5.74) is 0.683. The zero-order chi connectivity index (χ0) is 27.9. The number of aliphatic hydroxyl groups is 1. The van der Waals surface area contributed by atoms with E-state index in [2.05, 4.69) is 37.7 Å². The second-order valence-electron chi connectivity index (χ2n) is 12.6. The molecule has 0 unspecified atom stereocenters. The lowest BCUT2D eigenvalue weighted by molar-refractivity contribution is -0.187. The van der Waals surface area contributed by atoms with Crippen molar-refractivity contribution in [3.63, 3.8) is 0 Å². The molecule has 3 N–H and O–H groups in total. The molecule has 7 atom stereocenters. The number of nitrogens with one attached hydrogen (secondary N) is 1. The van der Waals surface area contributed by atoms with Crippen LogP contribution in [0.4, 0.5) is 5.69 Å². The molecule has 0 radical (unpaired) electrons. The number of aromatic nitrogens is 1. The fraction of sp³-hybridized carbons (Fsp3) is 0.690. The first-order valence-electron chi connectivity index (χ1n) is 13.9. The summed E-state index contributed by atoms with van der Waals surface area (Å²) in [4.78, 5) is 29.5. The van der Waals surface area contributed by atoms with Crippen LogP contribution in [-0.4, -0.2) is 52.7 Å². The lowest BCUT2D eigenvalue weighted by atomic mass is 9.47. The zero-order valence-electron chi connectivity index (χ0n) is 23.5. The van der Waals surface area contributed by atoms with Gasteiger partial charge in [-0.15, -0.1) is 6.58 Å². The normalized spacial score (nSPS) is 36.6. The fourth-order valence-corrected chi connectivity index (χ4v) is 7.14. The predicted molar refractivity (Wildman–Crippen MR) is 147 cm³/mol. The van der Waals surface area contributed by atoms with Gasteiger partial charge in [-0.3, -0.25) is 9.78 Å². The van der Waals surface area contributed by atoms with Crippen LogP contribution in [0.3, 0.4) is 0 Å². The standard InChI is InChI=1S/C29H43BN2O6/c1-7-27(5)13-24(38-25(34)15-31-21-12-22-23(32-14-21)16-37-30(22)36)28(6)17-29(10-8-18(28)2,11-9-19(3)33)20(4)26(27)35/h7,12,14,18,20,24,26,31,35-36H,1,8-11,13,15-17H2,2-6H3/t18-,20+,24-,26+,27-,28+,29-/m1/s1. The van der Waals surface area contributed by atoms with E-state index in [0.29, 0.717) is 35.6 Å². The molecule has 0 aromatic carbocycles.